The number of carbonyl (C=O) groups excluding carboxylic acids is 1. The van der Waals surface area contributed by atoms with Crippen molar-refractivity contribution in [3.8, 4) is 0 Å². The Morgan fingerprint density at radius 1 is 1.30 bits per heavy atom. The summed E-state index contributed by atoms with van der Waals surface area (Å²) in [5, 5.41) is 5.48. The molecule has 8 heteroatoms. The van der Waals surface area contributed by atoms with E-state index in [1.54, 1.807) is 7.05 Å². The van der Waals surface area contributed by atoms with Gasteiger partial charge in [-0.1, -0.05) is 43.2 Å². The van der Waals surface area contributed by atoms with Gasteiger partial charge < -0.3 is 10.6 Å². The van der Waals surface area contributed by atoms with Crippen LogP contribution in [0, 0.1) is 6.92 Å². The van der Waals surface area contributed by atoms with Gasteiger partial charge in [-0.25, -0.2) is 0 Å². The van der Waals surface area contributed by atoms with Gasteiger partial charge in [-0.15, -0.1) is 0 Å². The van der Waals surface area contributed by atoms with Gasteiger partial charge in [0.15, 0.2) is 5.11 Å². The van der Waals surface area contributed by atoms with Crippen LogP contribution in [-0.2, 0) is 20.7 Å². The Kier molecular flexibility index (Phi) is 7.31. The molecule has 0 fully saturated rings. The molecule has 1 rings (SSSR count). The number of amides is 1. The lowest BCUT2D eigenvalue weighted by atomic mass is 9.75. The van der Waals surface area contributed by atoms with Crippen molar-refractivity contribution >= 4 is 33.7 Å². The first-order valence-corrected chi connectivity index (χ1v) is 8.67. The first kappa shape index (κ1) is 19.2. The Bertz CT molecular complexity index is 691. The first-order chi connectivity index (χ1) is 10.9. The molecule has 0 heterocycles. The van der Waals surface area contributed by atoms with Crippen molar-refractivity contribution in [2.24, 2.45) is 4.36 Å². The van der Waals surface area contributed by atoms with Crippen LogP contribution in [0.1, 0.15) is 30.9 Å². The second kappa shape index (κ2) is 8.73. The molecule has 6 nitrogen and oxygen atoms in total. The molecule has 0 aliphatic rings. The molecule has 0 saturated carbocycles. The number of hydrogen-bond donors (Lipinski definition) is 2. The maximum absolute atomic E-state index is 12.8. The fraction of sp³-hybridized carbons (Fsp3) is 0.467. The number of carbonyl (C=O) groups is 1. The molecule has 126 valence electrons. The van der Waals surface area contributed by atoms with Gasteiger partial charge in [-0.2, -0.15) is 12.8 Å². The normalized spacial score (nSPS) is 12.8. The van der Waals surface area contributed by atoms with Gasteiger partial charge in [-0.3, -0.25) is 4.79 Å². The molecule has 0 aliphatic heterocycles. The summed E-state index contributed by atoms with van der Waals surface area (Å²) in [6.07, 6.45) is 1.14. The van der Waals surface area contributed by atoms with Crippen LogP contribution >= 0.6 is 12.2 Å². The van der Waals surface area contributed by atoms with Crippen LogP contribution in [0.5, 0.6) is 0 Å². The predicted octanol–water partition coefficient (Wildman–Crippen LogP) is 1.72. The summed E-state index contributed by atoms with van der Waals surface area (Å²) in [6.45, 7) is 3.72. The van der Waals surface area contributed by atoms with Crippen molar-refractivity contribution in [3.63, 3.8) is 0 Å². The van der Waals surface area contributed by atoms with Crippen LogP contribution in [0.15, 0.2) is 28.6 Å². The highest BCUT2D eigenvalue weighted by Crippen LogP contribution is 2.31. The maximum Gasteiger partial charge on any atom is 0.311 e. The smallest absolute Gasteiger partial charge is 0.311 e. The zero-order valence-corrected chi connectivity index (χ0v) is 15.1. The van der Waals surface area contributed by atoms with E-state index in [-0.39, 0.29) is 17.6 Å². The highest BCUT2D eigenvalue weighted by molar-refractivity contribution is 7.80. The van der Waals surface area contributed by atoms with Gasteiger partial charge in [0.05, 0.1) is 12.0 Å². The minimum absolute atomic E-state index is 0.155. The third kappa shape index (κ3) is 5.11. The number of thiocarbonyl (C=S) groups is 1. The molecular formula is C15H21N3O3S2. The minimum Gasteiger partial charge on any atom is -0.365 e. The van der Waals surface area contributed by atoms with Gasteiger partial charge in [-0.05, 0) is 31.1 Å². The minimum atomic E-state index is -2.58. The molecule has 0 bridgehead atoms. The van der Waals surface area contributed by atoms with E-state index in [1.165, 1.54) is 0 Å². The average Bonchev–Trinajstić information content (AvgIpc) is 2.51. The second-order valence-electron chi connectivity index (χ2n) is 5.24. The van der Waals surface area contributed by atoms with E-state index in [9.17, 15) is 13.2 Å². The zero-order valence-electron chi connectivity index (χ0n) is 13.4. The predicted molar refractivity (Wildman–Crippen MR) is 93.8 cm³/mol. The van der Waals surface area contributed by atoms with Gasteiger partial charge in [0.25, 0.3) is 0 Å². The summed E-state index contributed by atoms with van der Waals surface area (Å²) < 4.78 is 25.4. The van der Waals surface area contributed by atoms with Crippen LogP contribution in [0.2, 0.25) is 0 Å². The lowest BCUT2D eigenvalue weighted by Gasteiger charge is -2.31. The topological polar surface area (TPSA) is 87.6 Å². The molecule has 1 aromatic rings. The van der Waals surface area contributed by atoms with Gasteiger partial charge in [0.1, 0.15) is 0 Å². The highest BCUT2D eigenvalue weighted by atomic mass is 32.2. The highest BCUT2D eigenvalue weighted by Gasteiger charge is 2.40. The molecule has 1 atom stereocenters. The lowest BCUT2D eigenvalue weighted by molar-refractivity contribution is -0.125. The number of aryl methyl sites for hydroxylation is 1. The lowest BCUT2D eigenvalue weighted by Crippen LogP contribution is -2.50. The Morgan fingerprint density at radius 2 is 1.91 bits per heavy atom. The first-order valence-electron chi connectivity index (χ1n) is 7.23. The Balaban J connectivity index is 3.39. The summed E-state index contributed by atoms with van der Waals surface area (Å²) in [6, 6.07) is 7.43. The Morgan fingerprint density at radius 3 is 2.39 bits per heavy atom. The van der Waals surface area contributed by atoms with E-state index in [1.807, 2.05) is 38.1 Å². The van der Waals surface area contributed by atoms with Crippen molar-refractivity contribution in [2.75, 3.05) is 13.6 Å². The number of hydrogen-bond acceptors (Lipinski definition) is 5. The van der Waals surface area contributed by atoms with Crippen LogP contribution in [-0.4, -0.2) is 33.0 Å². The van der Waals surface area contributed by atoms with Crippen LogP contribution in [0.3, 0.4) is 0 Å². The number of rotatable bonds is 6. The molecule has 23 heavy (non-hydrogen) atoms. The van der Waals surface area contributed by atoms with Crippen LogP contribution in [0.4, 0.5) is 0 Å². The molecule has 0 saturated heterocycles. The van der Waals surface area contributed by atoms with Crippen molar-refractivity contribution in [1.82, 2.24) is 10.6 Å². The monoisotopic (exact) mass is 355 g/mol. The standard InChI is InChI=1S/C15H21N3O3S2/c1-4-9-15(10-17-23(20)21,13(19)18-14(22)16-3)12-7-5-11(2)6-8-12/h5-8H,4,9-10H2,1-3H3,(H2,16,18,19,22). The summed E-state index contributed by atoms with van der Waals surface area (Å²) in [7, 11) is -0.974. The van der Waals surface area contributed by atoms with E-state index in [0.29, 0.717) is 12.8 Å². The number of nitrogens with zero attached hydrogens (tertiary/aromatic N) is 1. The fourth-order valence-electron chi connectivity index (χ4n) is 2.38. The molecule has 0 radical (unpaired) electrons. The zero-order chi connectivity index (χ0) is 17.5. The molecule has 0 aromatic heterocycles. The molecule has 0 aliphatic carbocycles. The van der Waals surface area contributed by atoms with Gasteiger partial charge in [0, 0.05) is 7.05 Å². The average molecular weight is 355 g/mol. The summed E-state index contributed by atoms with van der Waals surface area (Å²) in [5.41, 5.74) is 0.689. The summed E-state index contributed by atoms with van der Waals surface area (Å²) >= 11 is 5.00. The van der Waals surface area contributed by atoms with Gasteiger partial charge in [0.2, 0.25) is 5.91 Å². The third-order valence-electron chi connectivity index (χ3n) is 3.61. The molecule has 0 spiro atoms. The largest absolute Gasteiger partial charge is 0.365 e. The maximum atomic E-state index is 12.8. The Labute approximate surface area is 143 Å². The third-order valence-corrected chi connectivity index (χ3v) is 4.26. The van der Waals surface area contributed by atoms with E-state index in [2.05, 4.69) is 15.0 Å². The molecular weight excluding hydrogens is 334 g/mol. The van der Waals surface area contributed by atoms with E-state index < -0.39 is 15.9 Å². The van der Waals surface area contributed by atoms with Gasteiger partial charge >= 0.3 is 10.5 Å². The quantitative estimate of drug-likeness (QED) is 0.759. The molecule has 1 unspecified atom stereocenters. The number of benzene rings is 1. The molecule has 1 amide bonds. The summed E-state index contributed by atoms with van der Waals surface area (Å²) in [5.74, 6) is -0.364. The number of nitrogens with one attached hydrogen (secondary N) is 2. The molecule has 1 aromatic carbocycles. The van der Waals surface area contributed by atoms with Crippen molar-refractivity contribution in [3.05, 3.63) is 35.4 Å². The second-order valence-corrected chi connectivity index (χ2v) is 6.34. The van der Waals surface area contributed by atoms with Crippen LogP contribution in [0.25, 0.3) is 0 Å². The van der Waals surface area contributed by atoms with E-state index in [4.69, 9.17) is 12.2 Å². The van der Waals surface area contributed by atoms with Crippen LogP contribution < -0.4 is 10.6 Å². The Hall–Kier alpha value is -1.80. The fourth-order valence-corrected chi connectivity index (χ4v) is 2.80. The SMILES string of the molecule is CCCC(CN=S(=O)=O)(C(=O)NC(=S)NC)c1ccc(C)cc1. The van der Waals surface area contributed by atoms with Crippen molar-refractivity contribution in [2.45, 2.75) is 32.1 Å². The molecule has 2 N–H and O–H groups in total. The van der Waals surface area contributed by atoms with Crippen molar-refractivity contribution in [1.29, 1.82) is 0 Å². The van der Waals surface area contributed by atoms with Crippen molar-refractivity contribution < 1.29 is 13.2 Å². The van der Waals surface area contributed by atoms with E-state index >= 15 is 0 Å². The van der Waals surface area contributed by atoms with E-state index in [0.717, 1.165) is 11.1 Å². The summed E-state index contributed by atoms with van der Waals surface area (Å²) in [4.78, 5) is 12.8.